The maximum absolute atomic E-state index is 13.3. The number of alkyl halides is 1. The highest BCUT2D eigenvalue weighted by Crippen LogP contribution is 2.35. The predicted molar refractivity (Wildman–Crippen MR) is 196 cm³/mol. The van der Waals surface area contributed by atoms with Crippen LogP contribution >= 0.6 is 11.6 Å². The van der Waals surface area contributed by atoms with E-state index in [0.717, 1.165) is 60.9 Å². The van der Waals surface area contributed by atoms with Gasteiger partial charge in [-0.3, -0.25) is 34.3 Å². The Morgan fingerprint density at radius 1 is 0.846 bits per heavy atom. The van der Waals surface area contributed by atoms with Crippen molar-refractivity contribution < 1.29 is 33.8 Å². The van der Waals surface area contributed by atoms with Gasteiger partial charge < -0.3 is 19.5 Å². The Morgan fingerprint density at radius 2 is 1.46 bits per heavy atom. The van der Waals surface area contributed by atoms with Crippen molar-refractivity contribution in [1.29, 1.82) is 0 Å². The van der Waals surface area contributed by atoms with Gasteiger partial charge in [-0.15, -0.1) is 11.6 Å². The molecule has 3 aromatic carbocycles. The van der Waals surface area contributed by atoms with E-state index < -0.39 is 29.9 Å². The van der Waals surface area contributed by atoms with Crippen LogP contribution in [0, 0.1) is 5.92 Å². The topological polar surface area (TPSA) is 129 Å². The van der Waals surface area contributed by atoms with Gasteiger partial charge in [-0.25, -0.2) is 0 Å². The molecule has 52 heavy (non-hydrogen) atoms. The fourth-order valence-electron chi connectivity index (χ4n) is 7.71. The molecule has 0 saturated carbocycles. The van der Waals surface area contributed by atoms with Crippen LogP contribution in [0.25, 0.3) is 0 Å². The minimum atomic E-state index is -0.964. The maximum atomic E-state index is 13.3. The average Bonchev–Trinajstić information content (AvgIpc) is 3.38. The first-order valence-corrected chi connectivity index (χ1v) is 18.6. The summed E-state index contributed by atoms with van der Waals surface area (Å²) in [5, 5.41) is 11.9. The molecule has 3 aromatic rings. The molecule has 0 spiro atoms. The number of aliphatic hydroxyl groups is 1. The van der Waals surface area contributed by atoms with Gasteiger partial charge in [-0.2, -0.15) is 0 Å². The molecule has 12 heteroatoms. The third-order valence-electron chi connectivity index (χ3n) is 11.0. The summed E-state index contributed by atoms with van der Waals surface area (Å²) in [5.41, 5.74) is 3.64. The number of imide groups is 2. The molecule has 4 aliphatic heterocycles. The lowest BCUT2D eigenvalue weighted by Crippen LogP contribution is -2.56. The van der Waals surface area contributed by atoms with Gasteiger partial charge in [0.15, 0.2) is 0 Å². The van der Waals surface area contributed by atoms with E-state index in [0.29, 0.717) is 35.4 Å². The quantitative estimate of drug-likeness (QED) is 0.206. The number of carbonyl (C=O) groups is 4. The normalized spacial score (nSPS) is 20.8. The number of rotatable bonds is 12. The molecule has 4 heterocycles. The highest BCUT2D eigenvalue weighted by molar-refractivity contribution is 6.23. The summed E-state index contributed by atoms with van der Waals surface area (Å²) in [6.07, 6.45) is 1.56. The third kappa shape index (κ3) is 7.27. The SMILES string of the molecule is CC(C)(c1ccc(OCC2CN(C3CCN(c4ccc5c(c4)C(=O)N(C4CCC(=O)NC4=O)C5=O)CC3)C2)cc1)c1ccc(OC[C@H](O)CCl)cc1. The van der Waals surface area contributed by atoms with Crippen LogP contribution in [0.3, 0.4) is 0 Å². The third-order valence-corrected chi connectivity index (χ3v) is 11.4. The number of anilines is 1. The van der Waals surface area contributed by atoms with Crippen LogP contribution in [0.2, 0.25) is 0 Å². The van der Waals surface area contributed by atoms with Gasteiger partial charge in [0, 0.05) is 55.7 Å². The van der Waals surface area contributed by atoms with E-state index in [2.05, 4.69) is 53.2 Å². The number of benzene rings is 3. The molecule has 0 aromatic heterocycles. The summed E-state index contributed by atoms with van der Waals surface area (Å²) in [6, 6.07) is 21.2. The van der Waals surface area contributed by atoms with E-state index >= 15 is 0 Å². The lowest BCUT2D eigenvalue weighted by atomic mass is 9.78. The van der Waals surface area contributed by atoms with Crippen LogP contribution in [0.5, 0.6) is 11.5 Å². The molecule has 2 atom stereocenters. The van der Waals surface area contributed by atoms with Crippen LogP contribution in [0.1, 0.15) is 71.4 Å². The second-order valence-corrected chi connectivity index (χ2v) is 15.1. The molecule has 0 aliphatic carbocycles. The minimum Gasteiger partial charge on any atom is -0.493 e. The fraction of sp³-hybridized carbons (Fsp3) is 0.450. The standard InChI is InChI=1S/C40H45ClN4O7/c1-40(2,27-5-10-32(11-6-27)52-24-30(46)20-41)26-3-8-31(9-4-26)51-23-25-21-44(22-25)28-15-17-43(18-16-28)29-7-12-33-34(19-29)39(50)45(38(33)49)35-13-14-36(47)42-37(35)48/h3-12,19,25,28,30,35,46H,13-18,20-24H2,1-2H3,(H,42,47,48)/t30-,35?/m1/s1. The number of nitrogens with one attached hydrogen (secondary N) is 1. The van der Waals surface area contributed by atoms with Crippen molar-refractivity contribution in [2.45, 2.75) is 63.1 Å². The van der Waals surface area contributed by atoms with E-state index in [4.69, 9.17) is 21.1 Å². The minimum absolute atomic E-state index is 0.0981. The highest BCUT2D eigenvalue weighted by Gasteiger charge is 2.45. The number of aliphatic hydroxyl groups excluding tert-OH is 1. The summed E-state index contributed by atoms with van der Waals surface area (Å²) in [7, 11) is 0. The van der Waals surface area contributed by atoms with Gasteiger partial charge in [0.1, 0.15) is 30.3 Å². The van der Waals surface area contributed by atoms with Crippen molar-refractivity contribution in [2.75, 3.05) is 50.2 Å². The Balaban J connectivity index is 0.854. The summed E-state index contributed by atoms with van der Waals surface area (Å²) < 4.78 is 11.8. The first-order chi connectivity index (χ1) is 25.0. The number of hydrogen-bond donors (Lipinski definition) is 2. The Labute approximate surface area is 308 Å². The van der Waals surface area contributed by atoms with Crippen molar-refractivity contribution in [3.63, 3.8) is 0 Å². The van der Waals surface area contributed by atoms with E-state index in [-0.39, 0.29) is 36.7 Å². The Morgan fingerprint density at radius 3 is 2.08 bits per heavy atom. The summed E-state index contributed by atoms with van der Waals surface area (Å²) in [6.45, 7) is 8.93. The Hall–Kier alpha value is -4.45. The van der Waals surface area contributed by atoms with Crippen LogP contribution in [0.15, 0.2) is 66.7 Å². The fourth-order valence-corrected chi connectivity index (χ4v) is 7.80. The number of carbonyl (C=O) groups excluding carboxylic acids is 4. The lowest BCUT2D eigenvalue weighted by molar-refractivity contribution is -0.136. The van der Waals surface area contributed by atoms with Crippen LogP contribution in [-0.2, 0) is 15.0 Å². The molecule has 4 aliphatic rings. The maximum Gasteiger partial charge on any atom is 0.262 e. The van der Waals surface area contributed by atoms with Crippen molar-refractivity contribution in [2.24, 2.45) is 5.92 Å². The molecule has 0 bridgehead atoms. The molecule has 11 nitrogen and oxygen atoms in total. The second-order valence-electron chi connectivity index (χ2n) is 14.8. The van der Waals surface area contributed by atoms with Crippen molar-refractivity contribution in [3.8, 4) is 11.5 Å². The van der Waals surface area contributed by atoms with E-state index in [1.165, 1.54) is 5.56 Å². The first kappa shape index (κ1) is 35.9. The molecule has 3 saturated heterocycles. The smallest absolute Gasteiger partial charge is 0.262 e. The number of halogens is 1. The largest absolute Gasteiger partial charge is 0.493 e. The van der Waals surface area contributed by atoms with Gasteiger partial charge in [-0.05, 0) is 72.9 Å². The molecule has 1 unspecified atom stereocenters. The van der Waals surface area contributed by atoms with Crippen LogP contribution in [-0.4, -0.2) is 102 Å². The molecule has 7 rings (SSSR count). The van der Waals surface area contributed by atoms with Crippen molar-refractivity contribution in [3.05, 3.63) is 89.0 Å². The predicted octanol–water partition coefficient (Wildman–Crippen LogP) is 4.37. The summed E-state index contributed by atoms with van der Waals surface area (Å²) in [4.78, 5) is 56.2. The number of amides is 4. The number of piperidine rings is 2. The summed E-state index contributed by atoms with van der Waals surface area (Å²) >= 11 is 5.65. The van der Waals surface area contributed by atoms with Crippen molar-refractivity contribution >= 4 is 40.9 Å². The second kappa shape index (κ2) is 14.9. The zero-order valence-electron chi connectivity index (χ0n) is 29.6. The monoisotopic (exact) mass is 728 g/mol. The molecule has 4 amide bonds. The Kier molecular flexibility index (Phi) is 10.3. The zero-order valence-corrected chi connectivity index (χ0v) is 30.3. The molecule has 0 radical (unpaired) electrons. The van der Waals surface area contributed by atoms with Crippen LogP contribution in [0.4, 0.5) is 5.69 Å². The molecule has 2 N–H and O–H groups in total. The number of ether oxygens (including phenoxy) is 2. The Bertz CT molecular complexity index is 1820. The number of nitrogens with zero attached hydrogens (tertiary/aromatic N) is 3. The number of fused-ring (bicyclic) bond motifs is 1. The van der Waals surface area contributed by atoms with Crippen molar-refractivity contribution in [1.82, 2.24) is 15.1 Å². The van der Waals surface area contributed by atoms with Gasteiger partial charge >= 0.3 is 0 Å². The number of hydrogen-bond acceptors (Lipinski definition) is 9. The van der Waals surface area contributed by atoms with Gasteiger partial charge in [-0.1, -0.05) is 38.1 Å². The van der Waals surface area contributed by atoms with Gasteiger partial charge in [0.05, 0.1) is 23.6 Å². The molecule has 274 valence electrons. The lowest BCUT2D eigenvalue weighted by Gasteiger charge is -2.47. The first-order valence-electron chi connectivity index (χ1n) is 18.1. The summed E-state index contributed by atoms with van der Waals surface area (Å²) in [5.74, 6) is 0.230. The average molecular weight is 729 g/mol. The zero-order chi connectivity index (χ0) is 36.6. The van der Waals surface area contributed by atoms with Gasteiger partial charge in [0.25, 0.3) is 11.8 Å². The van der Waals surface area contributed by atoms with Crippen LogP contribution < -0.4 is 19.7 Å². The van der Waals surface area contributed by atoms with E-state index in [1.54, 1.807) is 12.1 Å². The molecule has 3 fully saturated rings. The highest BCUT2D eigenvalue weighted by atomic mass is 35.5. The molecular weight excluding hydrogens is 684 g/mol. The molecular formula is C40H45ClN4O7. The van der Waals surface area contributed by atoms with E-state index in [1.807, 2.05) is 30.3 Å². The number of likely N-dealkylation sites (tertiary alicyclic amines) is 1. The van der Waals surface area contributed by atoms with E-state index in [9.17, 15) is 24.3 Å². The van der Waals surface area contributed by atoms with Gasteiger partial charge in [0.2, 0.25) is 11.8 Å².